The second-order valence-corrected chi connectivity index (χ2v) is 8.46. The molecule has 1 N–H and O–H groups in total. The van der Waals surface area contributed by atoms with E-state index < -0.39 is 10.0 Å². The molecule has 1 saturated heterocycles. The van der Waals surface area contributed by atoms with E-state index in [0.29, 0.717) is 44.8 Å². The first kappa shape index (κ1) is 20.7. The SMILES string of the molecule is COCCNC(=O)C1CCN(S(=O)(=O)c2cc(C)c(C)cc2OC)CC1. The molecule has 0 unspecified atom stereocenters. The van der Waals surface area contributed by atoms with Gasteiger partial charge in [-0.3, -0.25) is 4.79 Å². The van der Waals surface area contributed by atoms with Crippen LogP contribution in [-0.4, -0.2) is 59.1 Å². The molecule has 0 bridgehead atoms. The van der Waals surface area contributed by atoms with E-state index in [2.05, 4.69) is 5.32 Å². The average molecular weight is 384 g/mol. The minimum atomic E-state index is -3.66. The minimum Gasteiger partial charge on any atom is -0.495 e. The number of sulfonamides is 1. The van der Waals surface area contributed by atoms with Gasteiger partial charge in [-0.05, 0) is 49.9 Å². The maximum absolute atomic E-state index is 13.0. The Labute approximate surface area is 155 Å². The number of carbonyl (C=O) groups is 1. The fourth-order valence-electron chi connectivity index (χ4n) is 3.04. The van der Waals surface area contributed by atoms with Crippen LogP contribution >= 0.6 is 0 Å². The average Bonchev–Trinajstić information content (AvgIpc) is 2.63. The highest BCUT2D eigenvalue weighted by molar-refractivity contribution is 7.89. The second-order valence-electron chi connectivity index (χ2n) is 6.55. The number of hydrogen-bond acceptors (Lipinski definition) is 5. The zero-order valence-electron chi connectivity index (χ0n) is 15.9. The van der Waals surface area contributed by atoms with Crippen LogP contribution in [-0.2, 0) is 19.6 Å². The van der Waals surface area contributed by atoms with Gasteiger partial charge in [-0.2, -0.15) is 4.31 Å². The number of aryl methyl sites for hydroxylation is 2. The fourth-order valence-corrected chi connectivity index (χ4v) is 4.73. The summed E-state index contributed by atoms with van der Waals surface area (Å²) in [4.78, 5) is 12.3. The lowest BCUT2D eigenvalue weighted by molar-refractivity contribution is -0.126. The van der Waals surface area contributed by atoms with Crippen LogP contribution in [0.25, 0.3) is 0 Å². The van der Waals surface area contributed by atoms with Gasteiger partial charge in [-0.15, -0.1) is 0 Å². The van der Waals surface area contributed by atoms with Crippen LogP contribution < -0.4 is 10.1 Å². The first-order chi connectivity index (χ1) is 12.3. The number of ether oxygens (including phenoxy) is 2. The van der Waals surface area contributed by atoms with Crippen molar-refractivity contribution in [2.75, 3.05) is 40.5 Å². The molecule has 1 aromatic carbocycles. The van der Waals surface area contributed by atoms with E-state index in [0.717, 1.165) is 11.1 Å². The summed E-state index contributed by atoms with van der Waals surface area (Å²) in [6.07, 6.45) is 1.01. The summed E-state index contributed by atoms with van der Waals surface area (Å²) < 4.78 is 37.7. The Balaban J connectivity index is 2.09. The van der Waals surface area contributed by atoms with Crippen LogP contribution in [0.3, 0.4) is 0 Å². The van der Waals surface area contributed by atoms with Gasteiger partial charge in [0.1, 0.15) is 10.6 Å². The summed E-state index contributed by atoms with van der Waals surface area (Å²) in [6, 6.07) is 3.41. The van der Waals surface area contributed by atoms with Gasteiger partial charge >= 0.3 is 0 Å². The van der Waals surface area contributed by atoms with Crippen LogP contribution in [0.15, 0.2) is 17.0 Å². The Hall–Kier alpha value is -1.64. The Morgan fingerprint density at radius 3 is 2.38 bits per heavy atom. The van der Waals surface area contributed by atoms with Gasteiger partial charge in [-0.1, -0.05) is 0 Å². The van der Waals surface area contributed by atoms with Crippen molar-refractivity contribution in [1.82, 2.24) is 9.62 Å². The Kier molecular flexibility index (Phi) is 7.02. The number of nitrogens with zero attached hydrogens (tertiary/aromatic N) is 1. The van der Waals surface area contributed by atoms with E-state index in [1.165, 1.54) is 11.4 Å². The number of benzene rings is 1. The van der Waals surface area contributed by atoms with Gasteiger partial charge in [0, 0.05) is 32.7 Å². The standard InChI is InChI=1S/C18H28N2O5S/c1-13-11-16(25-4)17(12-14(13)2)26(22,23)20-8-5-15(6-9-20)18(21)19-7-10-24-3/h11-12,15H,5-10H2,1-4H3,(H,19,21). The summed E-state index contributed by atoms with van der Waals surface area (Å²) in [5.74, 6) is 0.148. The number of rotatable bonds is 7. The van der Waals surface area contributed by atoms with Crippen molar-refractivity contribution < 1.29 is 22.7 Å². The molecular weight excluding hydrogens is 356 g/mol. The van der Waals surface area contributed by atoms with Crippen LogP contribution in [0.4, 0.5) is 0 Å². The molecular formula is C18H28N2O5S. The normalized spacial score (nSPS) is 16.5. The van der Waals surface area contributed by atoms with Crippen LogP contribution in [0.2, 0.25) is 0 Å². The van der Waals surface area contributed by atoms with E-state index in [4.69, 9.17) is 9.47 Å². The molecule has 1 amide bonds. The second kappa shape index (κ2) is 8.83. The molecule has 1 fully saturated rings. The van der Waals surface area contributed by atoms with Crippen LogP contribution in [0, 0.1) is 19.8 Å². The van der Waals surface area contributed by atoms with E-state index in [9.17, 15) is 13.2 Å². The summed E-state index contributed by atoms with van der Waals surface area (Å²) in [5.41, 5.74) is 1.88. The number of carbonyl (C=O) groups excluding carboxylic acids is 1. The molecule has 1 aliphatic rings. The molecule has 2 rings (SSSR count). The Bertz CT molecular complexity index is 740. The third-order valence-electron chi connectivity index (χ3n) is 4.83. The molecule has 0 radical (unpaired) electrons. The predicted molar refractivity (Wildman–Crippen MR) is 98.8 cm³/mol. The van der Waals surface area contributed by atoms with Gasteiger partial charge in [0.05, 0.1) is 13.7 Å². The Morgan fingerprint density at radius 2 is 1.81 bits per heavy atom. The van der Waals surface area contributed by atoms with Gasteiger partial charge < -0.3 is 14.8 Å². The van der Waals surface area contributed by atoms with Gasteiger partial charge in [-0.25, -0.2) is 8.42 Å². The zero-order chi connectivity index (χ0) is 19.3. The van der Waals surface area contributed by atoms with Crippen molar-refractivity contribution in [1.29, 1.82) is 0 Å². The van der Waals surface area contributed by atoms with E-state index in [1.54, 1.807) is 19.2 Å². The van der Waals surface area contributed by atoms with Crippen molar-refractivity contribution in [2.24, 2.45) is 5.92 Å². The van der Waals surface area contributed by atoms with E-state index in [-0.39, 0.29) is 16.7 Å². The van der Waals surface area contributed by atoms with Crippen molar-refractivity contribution in [3.63, 3.8) is 0 Å². The lowest BCUT2D eigenvalue weighted by Crippen LogP contribution is -2.43. The molecule has 0 atom stereocenters. The predicted octanol–water partition coefficient (Wildman–Crippen LogP) is 1.48. The molecule has 7 nitrogen and oxygen atoms in total. The highest BCUT2D eigenvalue weighted by Crippen LogP contribution is 2.32. The fraction of sp³-hybridized carbons (Fsp3) is 0.611. The molecule has 0 aliphatic carbocycles. The summed E-state index contributed by atoms with van der Waals surface area (Å²) >= 11 is 0. The molecule has 146 valence electrons. The number of nitrogens with one attached hydrogen (secondary N) is 1. The number of methoxy groups -OCH3 is 2. The lowest BCUT2D eigenvalue weighted by Gasteiger charge is -2.31. The smallest absolute Gasteiger partial charge is 0.246 e. The largest absolute Gasteiger partial charge is 0.495 e. The first-order valence-electron chi connectivity index (χ1n) is 8.73. The monoisotopic (exact) mass is 384 g/mol. The van der Waals surface area contributed by atoms with Crippen molar-refractivity contribution in [3.8, 4) is 5.75 Å². The first-order valence-corrected chi connectivity index (χ1v) is 10.2. The van der Waals surface area contributed by atoms with E-state index >= 15 is 0 Å². The van der Waals surface area contributed by atoms with Crippen molar-refractivity contribution >= 4 is 15.9 Å². The topological polar surface area (TPSA) is 84.9 Å². The maximum atomic E-state index is 13.0. The summed E-state index contributed by atoms with van der Waals surface area (Å²) in [5, 5.41) is 2.82. The molecule has 0 aromatic heterocycles. The molecule has 0 spiro atoms. The molecule has 1 aliphatic heterocycles. The maximum Gasteiger partial charge on any atom is 0.246 e. The minimum absolute atomic E-state index is 0.0390. The van der Waals surface area contributed by atoms with Crippen LogP contribution in [0.1, 0.15) is 24.0 Å². The highest BCUT2D eigenvalue weighted by atomic mass is 32.2. The van der Waals surface area contributed by atoms with E-state index in [1.807, 2.05) is 13.8 Å². The van der Waals surface area contributed by atoms with Gasteiger partial charge in [0.25, 0.3) is 0 Å². The number of hydrogen-bond donors (Lipinski definition) is 1. The summed E-state index contributed by atoms with van der Waals surface area (Å²) in [7, 11) is -0.606. The molecule has 8 heteroatoms. The number of amides is 1. The highest BCUT2D eigenvalue weighted by Gasteiger charge is 2.33. The lowest BCUT2D eigenvalue weighted by atomic mass is 9.97. The summed E-state index contributed by atoms with van der Waals surface area (Å²) in [6.45, 7) is 5.37. The van der Waals surface area contributed by atoms with Crippen LogP contribution in [0.5, 0.6) is 5.75 Å². The third-order valence-corrected chi connectivity index (χ3v) is 6.75. The van der Waals surface area contributed by atoms with Gasteiger partial charge in [0.15, 0.2) is 0 Å². The third kappa shape index (κ3) is 4.55. The zero-order valence-corrected chi connectivity index (χ0v) is 16.7. The molecule has 1 heterocycles. The Morgan fingerprint density at radius 1 is 1.19 bits per heavy atom. The molecule has 0 saturated carbocycles. The molecule has 1 aromatic rings. The van der Waals surface area contributed by atoms with Crippen molar-refractivity contribution in [3.05, 3.63) is 23.3 Å². The van der Waals surface area contributed by atoms with Gasteiger partial charge in [0.2, 0.25) is 15.9 Å². The quantitative estimate of drug-likeness (QED) is 0.720. The number of piperidine rings is 1. The molecule has 26 heavy (non-hydrogen) atoms. The van der Waals surface area contributed by atoms with Crippen molar-refractivity contribution in [2.45, 2.75) is 31.6 Å².